The first-order valence-electron chi connectivity index (χ1n) is 4.30. The van der Waals surface area contributed by atoms with Crippen molar-refractivity contribution >= 4 is 0 Å². The van der Waals surface area contributed by atoms with Crippen LogP contribution in [0.5, 0.6) is 0 Å². The average molecular weight is 174 g/mol. The largest absolute Gasteiger partial charge is 0.390 e. The summed E-state index contributed by atoms with van der Waals surface area (Å²) in [5.41, 5.74) is 0. The first-order valence-corrected chi connectivity index (χ1v) is 4.30. The fraction of sp³-hybridized carbons (Fsp3) is 1.00. The van der Waals surface area contributed by atoms with E-state index >= 15 is 0 Å². The van der Waals surface area contributed by atoms with Crippen molar-refractivity contribution < 1.29 is 19.3 Å². The Hall–Kier alpha value is -0.160. The number of hydrogen-bond acceptors (Lipinski definition) is 4. The molecule has 12 heavy (non-hydrogen) atoms. The fourth-order valence-electron chi connectivity index (χ4n) is 1.66. The highest BCUT2D eigenvalue weighted by Gasteiger charge is 2.37. The molecule has 0 amide bonds. The Morgan fingerprint density at radius 1 is 1.33 bits per heavy atom. The number of rotatable bonds is 0. The molecule has 2 fully saturated rings. The van der Waals surface area contributed by atoms with Crippen LogP contribution in [0.2, 0.25) is 0 Å². The molecule has 0 aromatic heterocycles. The van der Waals surface area contributed by atoms with Crippen LogP contribution in [0, 0.1) is 0 Å². The second-order valence-corrected chi connectivity index (χ2v) is 3.38. The van der Waals surface area contributed by atoms with Gasteiger partial charge in [-0.3, -0.25) is 0 Å². The van der Waals surface area contributed by atoms with E-state index in [1.165, 1.54) is 0 Å². The van der Waals surface area contributed by atoms with Crippen LogP contribution in [0.4, 0.5) is 0 Å². The lowest BCUT2D eigenvalue weighted by atomic mass is 9.99. The molecule has 0 aromatic carbocycles. The molecule has 2 heterocycles. The van der Waals surface area contributed by atoms with Crippen LogP contribution in [0.3, 0.4) is 0 Å². The molecule has 2 saturated heterocycles. The van der Waals surface area contributed by atoms with Crippen molar-refractivity contribution in [3.63, 3.8) is 0 Å². The zero-order chi connectivity index (χ0) is 8.55. The third-order valence-corrected chi connectivity index (χ3v) is 2.47. The van der Waals surface area contributed by atoms with Gasteiger partial charge in [-0.05, 0) is 6.92 Å². The van der Waals surface area contributed by atoms with Crippen LogP contribution >= 0.6 is 0 Å². The summed E-state index contributed by atoms with van der Waals surface area (Å²) in [5.74, 6) is 0. The van der Waals surface area contributed by atoms with Crippen LogP contribution in [-0.2, 0) is 14.2 Å². The zero-order valence-corrected chi connectivity index (χ0v) is 7.10. The molecule has 4 nitrogen and oxygen atoms in total. The molecule has 4 heteroatoms. The molecule has 0 spiro atoms. The van der Waals surface area contributed by atoms with Gasteiger partial charge in [-0.1, -0.05) is 0 Å². The van der Waals surface area contributed by atoms with E-state index in [1.54, 1.807) is 0 Å². The van der Waals surface area contributed by atoms with E-state index in [-0.39, 0.29) is 18.3 Å². The Morgan fingerprint density at radius 2 is 2.17 bits per heavy atom. The highest BCUT2D eigenvalue weighted by Crippen LogP contribution is 2.25. The second kappa shape index (κ2) is 3.30. The summed E-state index contributed by atoms with van der Waals surface area (Å²) in [6.45, 7) is 2.78. The molecule has 0 saturated carbocycles. The number of aliphatic hydroxyl groups is 1. The number of ether oxygens (including phenoxy) is 3. The van der Waals surface area contributed by atoms with Crippen LogP contribution in [0.15, 0.2) is 0 Å². The lowest BCUT2D eigenvalue weighted by Gasteiger charge is -2.40. The lowest BCUT2D eigenvalue weighted by molar-refractivity contribution is -0.257. The van der Waals surface area contributed by atoms with Crippen LogP contribution in [0.1, 0.15) is 13.3 Å². The lowest BCUT2D eigenvalue weighted by Crippen LogP contribution is -2.51. The van der Waals surface area contributed by atoms with Crippen molar-refractivity contribution in [1.82, 2.24) is 0 Å². The Bertz CT molecular complexity index is 143. The van der Waals surface area contributed by atoms with E-state index in [0.717, 1.165) is 0 Å². The van der Waals surface area contributed by atoms with E-state index < -0.39 is 6.10 Å². The van der Waals surface area contributed by atoms with Gasteiger partial charge >= 0.3 is 0 Å². The van der Waals surface area contributed by atoms with E-state index in [0.29, 0.717) is 19.8 Å². The molecular formula is C8H14O4. The Morgan fingerprint density at radius 3 is 3.00 bits per heavy atom. The van der Waals surface area contributed by atoms with E-state index in [2.05, 4.69) is 0 Å². The quantitative estimate of drug-likeness (QED) is 0.557. The third-order valence-electron chi connectivity index (χ3n) is 2.47. The topological polar surface area (TPSA) is 47.9 Å². The monoisotopic (exact) mass is 174 g/mol. The SMILES string of the molecule is CC1OC2COCOC2CC1O. The normalized spacial score (nSPS) is 48.5. The van der Waals surface area contributed by atoms with Crippen LogP contribution in [-0.4, -0.2) is 42.9 Å². The van der Waals surface area contributed by atoms with Crippen molar-refractivity contribution in [2.75, 3.05) is 13.4 Å². The van der Waals surface area contributed by atoms with Gasteiger partial charge in [-0.2, -0.15) is 0 Å². The second-order valence-electron chi connectivity index (χ2n) is 3.38. The molecule has 0 aliphatic carbocycles. The number of fused-ring (bicyclic) bond motifs is 1. The van der Waals surface area contributed by atoms with Crippen molar-refractivity contribution in [3.8, 4) is 0 Å². The third kappa shape index (κ3) is 1.47. The summed E-state index contributed by atoms with van der Waals surface area (Å²) in [6.07, 6.45) is 0.192. The molecular weight excluding hydrogens is 160 g/mol. The van der Waals surface area contributed by atoms with Crippen molar-refractivity contribution in [3.05, 3.63) is 0 Å². The first-order chi connectivity index (χ1) is 5.77. The molecule has 4 atom stereocenters. The molecule has 1 N–H and O–H groups in total. The first kappa shape index (κ1) is 8.44. The molecule has 0 radical (unpaired) electrons. The van der Waals surface area contributed by atoms with Gasteiger partial charge in [0.25, 0.3) is 0 Å². The Labute approximate surface area is 71.4 Å². The van der Waals surface area contributed by atoms with E-state index in [1.807, 2.05) is 6.92 Å². The summed E-state index contributed by atoms with van der Waals surface area (Å²) >= 11 is 0. The van der Waals surface area contributed by atoms with Gasteiger partial charge in [0.15, 0.2) is 0 Å². The minimum absolute atomic E-state index is 0.0112. The predicted octanol–water partition coefficient (Wildman–Crippen LogP) is -0.102. The molecule has 2 aliphatic heterocycles. The predicted molar refractivity (Wildman–Crippen MR) is 40.7 cm³/mol. The zero-order valence-electron chi connectivity index (χ0n) is 7.10. The highest BCUT2D eigenvalue weighted by atomic mass is 16.7. The molecule has 0 bridgehead atoms. The van der Waals surface area contributed by atoms with Gasteiger partial charge < -0.3 is 19.3 Å². The summed E-state index contributed by atoms with van der Waals surface area (Å²) in [5, 5.41) is 9.47. The van der Waals surface area contributed by atoms with Crippen molar-refractivity contribution in [2.24, 2.45) is 0 Å². The van der Waals surface area contributed by atoms with Crippen molar-refractivity contribution in [2.45, 2.75) is 37.8 Å². The minimum Gasteiger partial charge on any atom is -0.390 e. The molecule has 2 rings (SSSR count). The molecule has 2 aliphatic rings. The van der Waals surface area contributed by atoms with Gasteiger partial charge in [-0.25, -0.2) is 0 Å². The number of hydrogen-bond donors (Lipinski definition) is 1. The summed E-state index contributed by atoms with van der Waals surface area (Å²) in [7, 11) is 0. The maximum atomic E-state index is 9.47. The van der Waals surface area contributed by atoms with Gasteiger partial charge in [0.2, 0.25) is 0 Å². The molecule has 0 aromatic rings. The van der Waals surface area contributed by atoms with E-state index in [9.17, 15) is 5.11 Å². The van der Waals surface area contributed by atoms with Crippen LogP contribution < -0.4 is 0 Å². The van der Waals surface area contributed by atoms with Crippen LogP contribution in [0.25, 0.3) is 0 Å². The van der Waals surface area contributed by atoms with Crippen molar-refractivity contribution in [1.29, 1.82) is 0 Å². The Balaban J connectivity index is 1.98. The fourth-order valence-corrected chi connectivity index (χ4v) is 1.66. The van der Waals surface area contributed by atoms with Gasteiger partial charge in [0.05, 0.1) is 24.9 Å². The molecule has 4 unspecified atom stereocenters. The maximum absolute atomic E-state index is 9.47. The summed E-state index contributed by atoms with van der Waals surface area (Å²) in [6, 6.07) is 0. The summed E-state index contributed by atoms with van der Waals surface area (Å²) in [4.78, 5) is 0. The smallest absolute Gasteiger partial charge is 0.147 e. The molecule has 70 valence electrons. The standard InChI is InChI=1S/C8H14O4/c1-5-6(9)2-7-8(12-5)3-10-4-11-7/h5-9H,2-4H2,1H3. The average Bonchev–Trinajstić information content (AvgIpc) is 2.07. The summed E-state index contributed by atoms with van der Waals surface area (Å²) < 4.78 is 15.9. The highest BCUT2D eigenvalue weighted by molar-refractivity contribution is 4.84. The maximum Gasteiger partial charge on any atom is 0.147 e. The van der Waals surface area contributed by atoms with Gasteiger partial charge in [0.1, 0.15) is 12.9 Å². The number of aliphatic hydroxyl groups excluding tert-OH is 1. The Kier molecular flexibility index (Phi) is 2.32. The van der Waals surface area contributed by atoms with Gasteiger partial charge in [0, 0.05) is 6.42 Å². The van der Waals surface area contributed by atoms with E-state index in [4.69, 9.17) is 14.2 Å². The minimum atomic E-state index is -0.399. The van der Waals surface area contributed by atoms with Gasteiger partial charge in [-0.15, -0.1) is 0 Å².